The molecule has 27 heavy (non-hydrogen) atoms. The van der Waals surface area contributed by atoms with Gasteiger partial charge in [0.25, 0.3) is 0 Å². The van der Waals surface area contributed by atoms with Crippen molar-refractivity contribution in [3.8, 4) is 23.0 Å². The van der Waals surface area contributed by atoms with Crippen LogP contribution in [0.3, 0.4) is 0 Å². The average Bonchev–Trinajstić information content (AvgIpc) is 2.71. The van der Waals surface area contributed by atoms with Gasteiger partial charge in [-0.05, 0) is 47.4 Å². The third kappa shape index (κ3) is 4.67. The fourth-order valence-electron chi connectivity index (χ4n) is 3.21. The standard InChI is InChI=1S/C22H28O5/c1-15(11-12-23-2)22(16-7-9-18(24-3)20(13-16)26-5)17-8-10-19(25-4)21(14-17)27-6/h7-15,22H,1-6H3/b12-11+/t15-/m1/s1. The molecule has 0 saturated heterocycles. The van der Waals surface area contributed by atoms with Crippen LogP contribution in [-0.4, -0.2) is 35.5 Å². The topological polar surface area (TPSA) is 46.2 Å². The molecule has 0 N–H and O–H groups in total. The largest absolute Gasteiger partial charge is 0.505 e. The summed E-state index contributed by atoms with van der Waals surface area (Å²) in [6.45, 7) is 2.15. The highest BCUT2D eigenvalue weighted by atomic mass is 16.5. The van der Waals surface area contributed by atoms with Crippen molar-refractivity contribution >= 4 is 0 Å². The molecule has 146 valence electrons. The normalized spacial score (nSPS) is 12.1. The van der Waals surface area contributed by atoms with Crippen LogP contribution in [0.2, 0.25) is 0 Å². The Kier molecular flexibility index (Phi) is 7.41. The van der Waals surface area contributed by atoms with E-state index in [1.165, 1.54) is 0 Å². The lowest BCUT2D eigenvalue weighted by molar-refractivity contribution is 0.333. The summed E-state index contributed by atoms with van der Waals surface area (Å²) < 4.78 is 26.9. The van der Waals surface area contributed by atoms with Crippen molar-refractivity contribution in [2.75, 3.05) is 35.5 Å². The maximum Gasteiger partial charge on any atom is 0.161 e. The summed E-state index contributed by atoms with van der Waals surface area (Å²) in [6, 6.07) is 12.0. The Morgan fingerprint density at radius 3 is 1.48 bits per heavy atom. The predicted octanol–water partition coefficient (Wildman–Crippen LogP) is 4.65. The number of methoxy groups -OCH3 is 5. The number of rotatable bonds is 9. The molecular formula is C22H28O5. The van der Waals surface area contributed by atoms with Crippen molar-refractivity contribution in [1.29, 1.82) is 0 Å². The summed E-state index contributed by atoms with van der Waals surface area (Å²) in [5, 5.41) is 0. The smallest absolute Gasteiger partial charge is 0.161 e. The third-order valence-electron chi connectivity index (χ3n) is 4.58. The Balaban J connectivity index is 2.57. The Bertz CT molecular complexity index is 714. The first kappa shape index (κ1) is 20.5. The summed E-state index contributed by atoms with van der Waals surface area (Å²) in [7, 11) is 8.19. The molecule has 0 spiro atoms. The van der Waals surface area contributed by atoms with Crippen molar-refractivity contribution in [1.82, 2.24) is 0 Å². The fourth-order valence-corrected chi connectivity index (χ4v) is 3.21. The monoisotopic (exact) mass is 372 g/mol. The average molecular weight is 372 g/mol. The number of ether oxygens (including phenoxy) is 5. The summed E-state index contributed by atoms with van der Waals surface area (Å²) in [5.41, 5.74) is 2.21. The van der Waals surface area contributed by atoms with Crippen LogP contribution in [-0.2, 0) is 4.74 Å². The summed E-state index contributed by atoms with van der Waals surface area (Å²) >= 11 is 0. The van der Waals surface area contributed by atoms with Crippen LogP contribution < -0.4 is 18.9 Å². The van der Waals surface area contributed by atoms with Crippen molar-refractivity contribution in [3.63, 3.8) is 0 Å². The molecule has 0 amide bonds. The van der Waals surface area contributed by atoms with E-state index < -0.39 is 0 Å². The summed E-state index contributed by atoms with van der Waals surface area (Å²) in [6.07, 6.45) is 3.75. The lowest BCUT2D eigenvalue weighted by Crippen LogP contribution is -2.11. The van der Waals surface area contributed by atoms with E-state index in [1.807, 2.05) is 30.3 Å². The van der Waals surface area contributed by atoms with E-state index in [1.54, 1.807) is 41.8 Å². The molecule has 0 fully saturated rings. The van der Waals surface area contributed by atoms with E-state index >= 15 is 0 Å². The van der Waals surface area contributed by atoms with Gasteiger partial charge in [0.1, 0.15) is 0 Å². The van der Waals surface area contributed by atoms with Crippen LogP contribution in [0.4, 0.5) is 0 Å². The quantitative estimate of drug-likeness (QED) is 0.600. The molecule has 0 heterocycles. The molecule has 0 aliphatic rings. The minimum absolute atomic E-state index is 0.0658. The molecule has 0 unspecified atom stereocenters. The van der Waals surface area contributed by atoms with Crippen LogP contribution in [0, 0.1) is 5.92 Å². The van der Waals surface area contributed by atoms with Crippen molar-refractivity contribution in [3.05, 3.63) is 59.9 Å². The molecule has 0 bridgehead atoms. The number of allylic oxidation sites excluding steroid dienone is 1. The van der Waals surface area contributed by atoms with E-state index in [0.29, 0.717) is 23.0 Å². The van der Waals surface area contributed by atoms with Crippen LogP contribution in [0.15, 0.2) is 48.7 Å². The molecule has 0 radical (unpaired) electrons. The van der Waals surface area contributed by atoms with Crippen LogP contribution >= 0.6 is 0 Å². The fraction of sp³-hybridized carbons (Fsp3) is 0.364. The Hall–Kier alpha value is -2.82. The molecule has 0 aliphatic carbocycles. The van der Waals surface area contributed by atoms with Crippen molar-refractivity contribution in [2.45, 2.75) is 12.8 Å². The van der Waals surface area contributed by atoms with E-state index in [4.69, 9.17) is 23.7 Å². The van der Waals surface area contributed by atoms with Gasteiger partial charge >= 0.3 is 0 Å². The van der Waals surface area contributed by atoms with Crippen LogP contribution in [0.25, 0.3) is 0 Å². The van der Waals surface area contributed by atoms with Gasteiger partial charge in [-0.15, -0.1) is 0 Å². The van der Waals surface area contributed by atoms with Crippen molar-refractivity contribution < 1.29 is 23.7 Å². The third-order valence-corrected chi connectivity index (χ3v) is 4.58. The zero-order chi connectivity index (χ0) is 19.8. The highest BCUT2D eigenvalue weighted by molar-refractivity contribution is 5.50. The first-order valence-electron chi connectivity index (χ1n) is 8.72. The van der Waals surface area contributed by atoms with Gasteiger partial charge in [0, 0.05) is 5.92 Å². The van der Waals surface area contributed by atoms with Gasteiger partial charge in [0.05, 0.1) is 41.8 Å². The molecule has 2 aromatic rings. The Morgan fingerprint density at radius 1 is 0.667 bits per heavy atom. The van der Waals surface area contributed by atoms with Gasteiger partial charge in [-0.1, -0.05) is 19.1 Å². The second-order valence-corrected chi connectivity index (χ2v) is 6.13. The molecule has 0 aliphatic heterocycles. The highest BCUT2D eigenvalue weighted by Gasteiger charge is 2.23. The zero-order valence-corrected chi connectivity index (χ0v) is 16.8. The molecular weight excluding hydrogens is 344 g/mol. The summed E-state index contributed by atoms with van der Waals surface area (Å²) in [4.78, 5) is 0. The van der Waals surface area contributed by atoms with Gasteiger partial charge < -0.3 is 23.7 Å². The second-order valence-electron chi connectivity index (χ2n) is 6.13. The zero-order valence-electron chi connectivity index (χ0n) is 16.8. The molecule has 0 saturated carbocycles. The van der Waals surface area contributed by atoms with E-state index in [0.717, 1.165) is 11.1 Å². The van der Waals surface area contributed by atoms with Crippen LogP contribution in [0.1, 0.15) is 24.0 Å². The highest BCUT2D eigenvalue weighted by Crippen LogP contribution is 2.40. The number of hydrogen-bond donors (Lipinski definition) is 0. The van der Waals surface area contributed by atoms with Crippen molar-refractivity contribution in [2.24, 2.45) is 5.92 Å². The van der Waals surface area contributed by atoms with Gasteiger partial charge in [-0.25, -0.2) is 0 Å². The molecule has 5 nitrogen and oxygen atoms in total. The Labute approximate surface area is 161 Å². The maximum atomic E-state index is 5.49. The molecule has 0 aromatic heterocycles. The Morgan fingerprint density at radius 2 is 1.11 bits per heavy atom. The number of hydrogen-bond acceptors (Lipinski definition) is 5. The van der Waals surface area contributed by atoms with Crippen LogP contribution in [0.5, 0.6) is 23.0 Å². The first-order chi connectivity index (χ1) is 13.1. The van der Waals surface area contributed by atoms with Gasteiger partial charge in [0.15, 0.2) is 23.0 Å². The minimum Gasteiger partial charge on any atom is -0.505 e. The molecule has 1 atom stereocenters. The molecule has 2 rings (SSSR count). The van der Waals surface area contributed by atoms with Gasteiger partial charge in [0.2, 0.25) is 0 Å². The maximum absolute atomic E-state index is 5.49. The minimum atomic E-state index is 0.0658. The predicted molar refractivity (Wildman–Crippen MR) is 106 cm³/mol. The lowest BCUT2D eigenvalue weighted by Gasteiger charge is -2.24. The van der Waals surface area contributed by atoms with Gasteiger partial charge in [-0.3, -0.25) is 0 Å². The summed E-state index contributed by atoms with van der Waals surface area (Å²) in [5.74, 6) is 3.03. The van der Waals surface area contributed by atoms with E-state index in [-0.39, 0.29) is 11.8 Å². The number of benzene rings is 2. The van der Waals surface area contributed by atoms with E-state index in [2.05, 4.69) is 19.1 Å². The lowest BCUT2D eigenvalue weighted by atomic mass is 9.81. The second kappa shape index (κ2) is 9.76. The first-order valence-corrected chi connectivity index (χ1v) is 8.72. The van der Waals surface area contributed by atoms with Gasteiger partial charge in [-0.2, -0.15) is 0 Å². The SMILES string of the molecule is CO/C=C/[C@@H](C)C(c1ccc(OC)c(OC)c1)c1ccc(OC)c(OC)c1. The van der Waals surface area contributed by atoms with E-state index in [9.17, 15) is 0 Å². The molecule has 2 aromatic carbocycles. The molecule has 5 heteroatoms.